The minimum absolute atomic E-state index is 0.110. The number of halogens is 1. The van der Waals surface area contributed by atoms with Crippen LogP contribution in [0.4, 0.5) is 5.95 Å². The summed E-state index contributed by atoms with van der Waals surface area (Å²) in [5.74, 6) is 0.178. The monoisotopic (exact) mass is 300 g/mol. The lowest BCUT2D eigenvalue weighted by Gasteiger charge is -2.14. The molecule has 2 aromatic rings. The highest BCUT2D eigenvalue weighted by Crippen LogP contribution is 2.35. The van der Waals surface area contributed by atoms with Gasteiger partial charge in [-0.05, 0) is 17.2 Å². The zero-order valence-electron chi connectivity index (χ0n) is 10.3. The summed E-state index contributed by atoms with van der Waals surface area (Å²) in [5.41, 5.74) is 5.66. The summed E-state index contributed by atoms with van der Waals surface area (Å²) in [6.45, 7) is 6.48. The van der Waals surface area contributed by atoms with Gasteiger partial charge in [-0.25, -0.2) is 15.0 Å². The molecule has 0 aliphatic rings. The molecule has 7 heteroatoms. The minimum Gasteiger partial charge on any atom is -0.368 e. The summed E-state index contributed by atoms with van der Waals surface area (Å²) in [4.78, 5) is 13.5. The van der Waals surface area contributed by atoms with Crippen LogP contribution in [0.3, 0.4) is 0 Å². The molecule has 0 atom stereocenters. The van der Waals surface area contributed by atoms with Gasteiger partial charge in [0.2, 0.25) is 5.95 Å². The van der Waals surface area contributed by atoms with Crippen molar-refractivity contribution in [3.8, 4) is 0 Å². The molecule has 2 aromatic heterocycles. The molecule has 0 amide bonds. The predicted molar refractivity (Wildman–Crippen MR) is 76.4 cm³/mol. The minimum atomic E-state index is 0.110. The predicted octanol–water partition coefficient (Wildman–Crippen LogP) is 3.62. The molecule has 0 fully saturated rings. The smallest absolute Gasteiger partial charge is 0.222 e. The summed E-state index contributed by atoms with van der Waals surface area (Å²) in [6.07, 6.45) is 1.90. The van der Waals surface area contributed by atoms with E-state index in [2.05, 4.69) is 35.7 Å². The largest absolute Gasteiger partial charge is 0.368 e. The Kier molecular flexibility index (Phi) is 3.79. The van der Waals surface area contributed by atoms with E-state index in [0.717, 1.165) is 4.34 Å². The summed E-state index contributed by atoms with van der Waals surface area (Å²) in [6, 6.07) is 1.68. The van der Waals surface area contributed by atoms with Gasteiger partial charge in [-0.15, -0.1) is 11.3 Å². The van der Waals surface area contributed by atoms with Gasteiger partial charge in [0.25, 0.3) is 0 Å². The molecule has 18 heavy (non-hydrogen) atoms. The van der Waals surface area contributed by atoms with Crippen molar-refractivity contribution in [2.24, 2.45) is 0 Å². The number of aromatic nitrogens is 3. The molecular formula is C11H13ClN4S2. The zero-order valence-corrected chi connectivity index (χ0v) is 12.7. The van der Waals surface area contributed by atoms with Crippen molar-refractivity contribution in [3.05, 3.63) is 22.3 Å². The molecule has 2 heterocycles. The first-order valence-corrected chi connectivity index (χ1v) is 7.30. The summed E-state index contributed by atoms with van der Waals surface area (Å²) >= 11 is 8.93. The molecule has 0 aliphatic carbocycles. The Labute approximate surface area is 119 Å². The topological polar surface area (TPSA) is 64.7 Å². The fraction of sp³-hybridized carbons (Fsp3) is 0.364. The van der Waals surface area contributed by atoms with Gasteiger partial charge in [0.05, 0.1) is 0 Å². The van der Waals surface area contributed by atoms with Crippen LogP contribution >= 0.6 is 34.7 Å². The SMILES string of the molecule is CC(C)(C)c1cnc(Sc2cc(Cl)nc(N)n2)s1. The van der Waals surface area contributed by atoms with Gasteiger partial charge in [0.1, 0.15) is 10.2 Å². The lowest BCUT2D eigenvalue weighted by atomic mass is 9.96. The number of nitrogens with zero attached hydrogens (tertiary/aromatic N) is 3. The van der Waals surface area contributed by atoms with E-state index in [1.54, 1.807) is 17.4 Å². The number of hydrogen-bond acceptors (Lipinski definition) is 6. The Balaban J connectivity index is 2.21. The van der Waals surface area contributed by atoms with Crippen LogP contribution in [-0.4, -0.2) is 15.0 Å². The third-order valence-corrected chi connectivity index (χ3v) is 4.71. The highest BCUT2D eigenvalue weighted by molar-refractivity contribution is 8.01. The van der Waals surface area contributed by atoms with Crippen LogP contribution in [0, 0.1) is 0 Å². The lowest BCUT2D eigenvalue weighted by molar-refractivity contribution is 0.602. The van der Waals surface area contributed by atoms with Crippen molar-refractivity contribution in [2.45, 2.75) is 35.6 Å². The molecule has 0 saturated heterocycles. The molecule has 96 valence electrons. The van der Waals surface area contributed by atoms with Crippen LogP contribution in [0.15, 0.2) is 21.6 Å². The van der Waals surface area contributed by atoms with Crippen LogP contribution in [0.2, 0.25) is 5.15 Å². The molecule has 0 unspecified atom stereocenters. The van der Waals surface area contributed by atoms with Crippen molar-refractivity contribution >= 4 is 40.6 Å². The number of thiazole rings is 1. The summed E-state index contributed by atoms with van der Waals surface area (Å²) < 4.78 is 0.925. The van der Waals surface area contributed by atoms with E-state index in [1.807, 2.05) is 6.20 Å². The molecule has 0 bridgehead atoms. The molecule has 0 spiro atoms. The van der Waals surface area contributed by atoms with Gasteiger partial charge in [0.15, 0.2) is 4.34 Å². The molecule has 4 nitrogen and oxygen atoms in total. The number of hydrogen-bond donors (Lipinski definition) is 1. The second kappa shape index (κ2) is 5.03. The van der Waals surface area contributed by atoms with E-state index in [9.17, 15) is 0 Å². The quantitative estimate of drug-likeness (QED) is 0.858. The van der Waals surface area contributed by atoms with Crippen LogP contribution in [0.25, 0.3) is 0 Å². The second-order valence-corrected chi connectivity index (χ2v) is 7.42. The molecule has 2 rings (SSSR count). The highest BCUT2D eigenvalue weighted by atomic mass is 35.5. The third kappa shape index (κ3) is 3.34. The average molecular weight is 301 g/mol. The molecule has 0 aliphatic heterocycles. The van der Waals surface area contributed by atoms with E-state index in [-0.39, 0.29) is 11.4 Å². The fourth-order valence-electron chi connectivity index (χ4n) is 1.21. The molecular weight excluding hydrogens is 288 g/mol. The number of anilines is 1. The van der Waals surface area contributed by atoms with Crippen molar-refractivity contribution in [1.29, 1.82) is 0 Å². The van der Waals surface area contributed by atoms with E-state index >= 15 is 0 Å². The molecule has 2 N–H and O–H groups in total. The Bertz CT molecular complexity index is 542. The third-order valence-electron chi connectivity index (χ3n) is 2.10. The van der Waals surface area contributed by atoms with Gasteiger partial charge in [0, 0.05) is 17.1 Å². The highest BCUT2D eigenvalue weighted by Gasteiger charge is 2.17. The first-order chi connectivity index (χ1) is 8.34. The lowest BCUT2D eigenvalue weighted by Crippen LogP contribution is -2.07. The van der Waals surface area contributed by atoms with E-state index in [4.69, 9.17) is 17.3 Å². The maximum absolute atomic E-state index is 5.83. The molecule has 0 saturated carbocycles. The Morgan fingerprint density at radius 1 is 1.33 bits per heavy atom. The standard InChI is InChI=1S/C11H13ClN4S2/c1-11(2,3)6-5-14-10(17-6)18-8-4-7(12)15-9(13)16-8/h4-5H,1-3H3,(H2,13,15,16). The van der Waals surface area contributed by atoms with E-state index < -0.39 is 0 Å². The number of nitrogen functional groups attached to an aromatic ring is 1. The molecule has 0 aromatic carbocycles. The van der Waals surface area contributed by atoms with Crippen LogP contribution in [0.5, 0.6) is 0 Å². The maximum atomic E-state index is 5.83. The zero-order chi connectivity index (χ0) is 13.3. The Morgan fingerprint density at radius 3 is 2.61 bits per heavy atom. The van der Waals surface area contributed by atoms with Crippen molar-refractivity contribution in [1.82, 2.24) is 15.0 Å². The Hall–Kier alpha value is -0.850. The van der Waals surface area contributed by atoms with Gasteiger partial charge in [-0.3, -0.25) is 0 Å². The first kappa shape index (κ1) is 13.6. The van der Waals surface area contributed by atoms with Crippen molar-refractivity contribution in [2.75, 3.05) is 5.73 Å². The van der Waals surface area contributed by atoms with Gasteiger partial charge in [-0.1, -0.05) is 32.4 Å². The van der Waals surface area contributed by atoms with Crippen molar-refractivity contribution in [3.63, 3.8) is 0 Å². The summed E-state index contributed by atoms with van der Waals surface area (Å²) in [7, 11) is 0. The van der Waals surface area contributed by atoms with Crippen molar-refractivity contribution < 1.29 is 0 Å². The van der Waals surface area contributed by atoms with E-state index in [0.29, 0.717) is 10.2 Å². The maximum Gasteiger partial charge on any atom is 0.222 e. The first-order valence-electron chi connectivity index (χ1n) is 5.29. The number of nitrogens with two attached hydrogens (primary N) is 1. The normalized spacial score (nSPS) is 11.8. The van der Waals surface area contributed by atoms with E-state index in [1.165, 1.54) is 16.6 Å². The molecule has 0 radical (unpaired) electrons. The summed E-state index contributed by atoms with van der Waals surface area (Å²) in [5, 5.41) is 1.06. The second-order valence-electron chi connectivity index (χ2n) is 4.73. The average Bonchev–Trinajstić information content (AvgIpc) is 2.63. The Morgan fingerprint density at radius 2 is 2.06 bits per heavy atom. The van der Waals surface area contributed by atoms with Crippen LogP contribution in [-0.2, 0) is 5.41 Å². The van der Waals surface area contributed by atoms with Gasteiger partial charge >= 0.3 is 0 Å². The van der Waals surface area contributed by atoms with Gasteiger partial charge < -0.3 is 5.73 Å². The van der Waals surface area contributed by atoms with Crippen LogP contribution in [0.1, 0.15) is 25.6 Å². The van der Waals surface area contributed by atoms with Crippen LogP contribution < -0.4 is 5.73 Å². The van der Waals surface area contributed by atoms with Gasteiger partial charge in [-0.2, -0.15) is 0 Å². The fourth-order valence-corrected chi connectivity index (χ4v) is 3.45. The number of rotatable bonds is 2.